The van der Waals surface area contributed by atoms with Gasteiger partial charge in [0.25, 0.3) is 5.91 Å². The summed E-state index contributed by atoms with van der Waals surface area (Å²) in [5, 5.41) is 2.82. The van der Waals surface area contributed by atoms with Crippen molar-refractivity contribution in [2.45, 2.75) is 26.4 Å². The summed E-state index contributed by atoms with van der Waals surface area (Å²) in [7, 11) is 1.88. The monoisotopic (exact) mass is 317 g/mol. The van der Waals surface area contributed by atoms with E-state index < -0.39 is 0 Å². The van der Waals surface area contributed by atoms with Crippen LogP contribution >= 0.6 is 15.9 Å². The van der Waals surface area contributed by atoms with E-state index in [1.54, 1.807) is 12.1 Å². The average molecular weight is 318 g/mol. The third kappa shape index (κ3) is 5.14. The van der Waals surface area contributed by atoms with Gasteiger partial charge in [0.1, 0.15) is 12.4 Å². The summed E-state index contributed by atoms with van der Waals surface area (Å²) < 4.78 is 14.3. The Labute approximate surface area is 115 Å². The van der Waals surface area contributed by atoms with Gasteiger partial charge in [0.05, 0.1) is 7.05 Å². The van der Waals surface area contributed by atoms with Crippen LogP contribution in [-0.4, -0.2) is 25.5 Å². The zero-order valence-corrected chi connectivity index (χ0v) is 12.5. The number of quaternary nitrogens is 1. The smallest absolute Gasteiger partial charge is 0.275 e. The fraction of sp³-hybridized carbons (Fsp3) is 0.462. The number of rotatable bonds is 5. The van der Waals surface area contributed by atoms with E-state index in [2.05, 4.69) is 21.2 Å². The number of likely N-dealkylation sites (N-methyl/N-ethyl adjacent to an activating group) is 1. The first-order valence-electron chi connectivity index (χ1n) is 5.93. The van der Waals surface area contributed by atoms with Gasteiger partial charge in [-0.1, -0.05) is 15.9 Å². The van der Waals surface area contributed by atoms with Gasteiger partial charge in [-0.2, -0.15) is 0 Å². The van der Waals surface area contributed by atoms with Crippen LogP contribution in [0.3, 0.4) is 0 Å². The van der Waals surface area contributed by atoms with Crippen LogP contribution in [0.1, 0.15) is 19.4 Å². The summed E-state index contributed by atoms with van der Waals surface area (Å²) in [5.74, 6) is -0.256. The van der Waals surface area contributed by atoms with Crippen LogP contribution in [0, 0.1) is 5.82 Å². The van der Waals surface area contributed by atoms with Gasteiger partial charge in [0, 0.05) is 16.1 Å². The molecular formula is C13H19BrFN2O+. The molecule has 0 aliphatic rings. The molecule has 100 valence electrons. The Morgan fingerprint density at radius 2 is 2.17 bits per heavy atom. The Kier molecular flexibility index (Phi) is 5.75. The summed E-state index contributed by atoms with van der Waals surface area (Å²) in [6, 6.07) is 5.12. The van der Waals surface area contributed by atoms with Crippen molar-refractivity contribution in [2.75, 3.05) is 13.6 Å². The van der Waals surface area contributed by atoms with E-state index in [0.717, 1.165) is 9.37 Å². The first-order valence-corrected chi connectivity index (χ1v) is 6.72. The van der Waals surface area contributed by atoms with Crippen LogP contribution in [0.15, 0.2) is 22.7 Å². The van der Waals surface area contributed by atoms with Crippen molar-refractivity contribution in [1.82, 2.24) is 5.32 Å². The first kappa shape index (κ1) is 15.1. The molecule has 3 nitrogen and oxygen atoms in total. The second-order valence-electron chi connectivity index (χ2n) is 4.77. The van der Waals surface area contributed by atoms with Crippen LogP contribution in [0.25, 0.3) is 0 Å². The molecule has 0 spiro atoms. The highest BCUT2D eigenvalue weighted by atomic mass is 79.9. The molecule has 0 aromatic heterocycles. The number of carbonyl (C=O) groups is 1. The molecule has 1 amide bonds. The molecule has 0 bridgehead atoms. The van der Waals surface area contributed by atoms with Gasteiger partial charge < -0.3 is 10.2 Å². The summed E-state index contributed by atoms with van der Waals surface area (Å²) in [5.41, 5.74) is 0.619. The number of halogens is 2. The van der Waals surface area contributed by atoms with Crippen molar-refractivity contribution in [2.24, 2.45) is 0 Å². The van der Waals surface area contributed by atoms with Crippen molar-refractivity contribution in [3.63, 3.8) is 0 Å². The lowest BCUT2D eigenvalue weighted by atomic mass is 10.2. The minimum absolute atomic E-state index is 0.0139. The molecule has 0 saturated heterocycles. The fourth-order valence-corrected chi connectivity index (χ4v) is 2.03. The SMILES string of the molecule is CC(C)NC(=O)C[NH+](C)Cc1ccc(Br)cc1F. The average Bonchev–Trinajstić information content (AvgIpc) is 2.20. The Morgan fingerprint density at radius 1 is 1.50 bits per heavy atom. The maximum Gasteiger partial charge on any atom is 0.275 e. The second kappa shape index (κ2) is 6.85. The third-order valence-electron chi connectivity index (χ3n) is 2.42. The third-order valence-corrected chi connectivity index (χ3v) is 2.91. The van der Waals surface area contributed by atoms with Gasteiger partial charge in [-0.3, -0.25) is 4.79 Å². The molecule has 5 heteroatoms. The van der Waals surface area contributed by atoms with E-state index >= 15 is 0 Å². The van der Waals surface area contributed by atoms with E-state index in [1.807, 2.05) is 20.9 Å². The minimum atomic E-state index is -0.243. The lowest BCUT2D eigenvalue weighted by Crippen LogP contribution is -3.09. The Morgan fingerprint density at radius 3 is 2.72 bits per heavy atom. The minimum Gasteiger partial charge on any atom is -0.349 e. The topological polar surface area (TPSA) is 33.5 Å². The van der Waals surface area contributed by atoms with Crippen LogP contribution in [0.4, 0.5) is 4.39 Å². The normalized spacial score (nSPS) is 12.6. The second-order valence-corrected chi connectivity index (χ2v) is 5.68. The maximum absolute atomic E-state index is 13.6. The largest absolute Gasteiger partial charge is 0.349 e. The van der Waals surface area contributed by atoms with Crippen LogP contribution in [0.5, 0.6) is 0 Å². The van der Waals surface area contributed by atoms with E-state index in [0.29, 0.717) is 18.7 Å². The van der Waals surface area contributed by atoms with Gasteiger partial charge >= 0.3 is 0 Å². The van der Waals surface area contributed by atoms with Gasteiger partial charge in [0.2, 0.25) is 0 Å². The Bertz CT molecular complexity index is 423. The van der Waals surface area contributed by atoms with Crippen molar-refractivity contribution < 1.29 is 14.1 Å². The molecule has 0 heterocycles. The number of benzene rings is 1. The molecule has 1 aromatic rings. The molecule has 1 rings (SSSR count). The summed E-state index contributed by atoms with van der Waals surface area (Å²) >= 11 is 3.22. The number of hydrogen-bond acceptors (Lipinski definition) is 1. The van der Waals surface area contributed by atoms with Crippen LogP contribution < -0.4 is 10.2 Å². The molecule has 0 aliphatic carbocycles. The first-order chi connectivity index (χ1) is 8.38. The van der Waals surface area contributed by atoms with E-state index in [4.69, 9.17) is 0 Å². The maximum atomic E-state index is 13.6. The molecule has 1 atom stereocenters. The van der Waals surface area contributed by atoms with Gasteiger partial charge in [-0.05, 0) is 32.0 Å². The van der Waals surface area contributed by atoms with E-state index in [9.17, 15) is 9.18 Å². The van der Waals surface area contributed by atoms with Gasteiger partial charge in [-0.25, -0.2) is 4.39 Å². The standard InChI is InChI=1S/C13H18BrFN2O/c1-9(2)16-13(18)8-17(3)7-10-4-5-11(14)6-12(10)15/h4-6,9H,7-8H2,1-3H3,(H,16,18)/p+1. The predicted molar refractivity (Wildman–Crippen MR) is 72.8 cm³/mol. The highest BCUT2D eigenvalue weighted by molar-refractivity contribution is 9.10. The highest BCUT2D eigenvalue weighted by Gasteiger charge is 2.13. The number of nitrogens with one attached hydrogen (secondary N) is 2. The molecular weight excluding hydrogens is 299 g/mol. The van der Waals surface area contributed by atoms with Gasteiger partial charge in [0.15, 0.2) is 6.54 Å². The van der Waals surface area contributed by atoms with Crippen LogP contribution in [-0.2, 0) is 11.3 Å². The summed E-state index contributed by atoms with van der Waals surface area (Å²) in [6.07, 6.45) is 0. The molecule has 0 fully saturated rings. The Hall–Kier alpha value is -0.940. The summed E-state index contributed by atoms with van der Waals surface area (Å²) in [4.78, 5) is 12.5. The summed E-state index contributed by atoms with van der Waals surface area (Å²) in [6.45, 7) is 4.67. The zero-order valence-electron chi connectivity index (χ0n) is 10.9. The van der Waals surface area contributed by atoms with Gasteiger partial charge in [-0.15, -0.1) is 0 Å². The lowest BCUT2D eigenvalue weighted by molar-refractivity contribution is -0.885. The van der Waals surface area contributed by atoms with E-state index in [1.165, 1.54) is 6.07 Å². The van der Waals surface area contributed by atoms with Crippen LogP contribution in [0.2, 0.25) is 0 Å². The van der Waals surface area contributed by atoms with Crippen molar-refractivity contribution >= 4 is 21.8 Å². The van der Waals surface area contributed by atoms with Crippen molar-refractivity contribution in [3.05, 3.63) is 34.1 Å². The molecule has 1 unspecified atom stereocenters. The molecule has 0 radical (unpaired) electrons. The number of carbonyl (C=O) groups excluding carboxylic acids is 1. The highest BCUT2D eigenvalue weighted by Crippen LogP contribution is 2.14. The molecule has 0 saturated carbocycles. The predicted octanol–water partition coefficient (Wildman–Crippen LogP) is 1.13. The zero-order chi connectivity index (χ0) is 13.7. The molecule has 1 aromatic carbocycles. The molecule has 0 aliphatic heterocycles. The number of amides is 1. The molecule has 2 N–H and O–H groups in total. The fourth-order valence-electron chi connectivity index (χ4n) is 1.70. The van der Waals surface area contributed by atoms with Crippen molar-refractivity contribution in [3.8, 4) is 0 Å². The lowest BCUT2D eigenvalue weighted by Gasteiger charge is -2.15. The van der Waals surface area contributed by atoms with Crippen molar-refractivity contribution in [1.29, 1.82) is 0 Å². The molecule has 18 heavy (non-hydrogen) atoms. The quantitative estimate of drug-likeness (QED) is 0.838. The van der Waals surface area contributed by atoms with E-state index in [-0.39, 0.29) is 17.8 Å². The Balaban J connectivity index is 2.54. The number of hydrogen-bond donors (Lipinski definition) is 2.